The summed E-state index contributed by atoms with van der Waals surface area (Å²) in [5.41, 5.74) is 0. The number of sulfone groups is 1. The van der Waals surface area contributed by atoms with Crippen LogP contribution in [0.25, 0.3) is 0 Å². The van der Waals surface area contributed by atoms with Gasteiger partial charge in [-0.3, -0.25) is 4.79 Å². The van der Waals surface area contributed by atoms with Gasteiger partial charge in [0.2, 0.25) is 5.91 Å². The van der Waals surface area contributed by atoms with Crippen molar-refractivity contribution in [3.8, 4) is 0 Å². The molecular formula is C13H16ClNO4S. The third kappa shape index (κ3) is 3.13. The number of hydrogen-bond donors (Lipinski definition) is 0. The van der Waals surface area contributed by atoms with Crippen LogP contribution in [-0.2, 0) is 19.4 Å². The molecule has 1 unspecified atom stereocenters. The molecule has 0 bridgehead atoms. The zero-order valence-electron chi connectivity index (χ0n) is 11.1. The van der Waals surface area contributed by atoms with E-state index in [4.69, 9.17) is 16.3 Å². The number of carbonyl (C=O) groups excluding carboxylic acids is 1. The smallest absolute Gasteiger partial charge is 0.248 e. The van der Waals surface area contributed by atoms with E-state index in [9.17, 15) is 13.2 Å². The van der Waals surface area contributed by atoms with Gasteiger partial charge in [0.25, 0.3) is 0 Å². The van der Waals surface area contributed by atoms with E-state index >= 15 is 0 Å². The molecule has 2 rings (SSSR count). The number of likely N-dealkylation sites (tertiary alicyclic amines) is 1. The van der Waals surface area contributed by atoms with Gasteiger partial charge >= 0.3 is 0 Å². The molecule has 110 valence electrons. The van der Waals surface area contributed by atoms with Gasteiger partial charge in [-0.1, -0.05) is 11.6 Å². The highest BCUT2D eigenvalue weighted by molar-refractivity contribution is 7.92. The Kier molecular flexibility index (Phi) is 4.67. The third-order valence-corrected chi connectivity index (χ3v) is 5.79. The Bertz CT molecular complexity index is 585. The number of nitrogens with zero attached hydrogens (tertiary/aromatic N) is 1. The summed E-state index contributed by atoms with van der Waals surface area (Å²) in [6.45, 7) is 0.639. The Morgan fingerprint density at radius 1 is 1.40 bits per heavy atom. The second-order valence-corrected chi connectivity index (χ2v) is 7.35. The first-order chi connectivity index (χ1) is 9.45. The first-order valence-electron chi connectivity index (χ1n) is 6.21. The van der Waals surface area contributed by atoms with E-state index in [0.29, 0.717) is 18.0 Å². The van der Waals surface area contributed by atoms with Crippen molar-refractivity contribution in [2.75, 3.05) is 26.8 Å². The molecule has 0 N–H and O–H groups in total. The molecule has 20 heavy (non-hydrogen) atoms. The number of ether oxygens (including phenoxy) is 1. The van der Waals surface area contributed by atoms with Crippen molar-refractivity contribution >= 4 is 27.3 Å². The van der Waals surface area contributed by atoms with Crippen molar-refractivity contribution in [1.29, 1.82) is 0 Å². The van der Waals surface area contributed by atoms with Crippen molar-refractivity contribution in [2.45, 2.75) is 16.6 Å². The van der Waals surface area contributed by atoms with Crippen LogP contribution in [-0.4, -0.2) is 51.3 Å². The molecule has 1 aromatic carbocycles. The summed E-state index contributed by atoms with van der Waals surface area (Å²) in [5, 5.41) is -0.0725. The molecule has 1 heterocycles. The Morgan fingerprint density at radius 2 is 2.05 bits per heavy atom. The van der Waals surface area contributed by atoms with Crippen molar-refractivity contribution in [2.24, 2.45) is 0 Å². The minimum atomic E-state index is -3.43. The zero-order valence-corrected chi connectivity index (χ0v) is 12.7. The van der Waals surface area contributed by atoms with Gasteiger partial charge in [0.1, 0.15) is 6.61 Å². The molecule has 7 heteroatoms. The summed E-state index contributed by atoms with van der Waals surface area (Å²) in [4.78, 5) is 13.5. The predicted octanol–water partition coefficient (Wildman–Crippen LogP) is 1.36. The summed E-state index contributed by atoms with van der Waals surface area (Å²) >= 11 is 5.76. The lowest BCUT2D eigenvalue weighted by Gasteiger charge is -2.16. The summed E-state index contributed by atoms with van der Waals surface area (Å²) in [5.74, 6) is -0.179. The molecule has 1 aliphatic heterocycles. The van der Waals surface area contributed by atoms with Crippen LogP contribution in [0.4, 0.5) is 0 Å². The molecule has 1 amide bonds. The first-order valence-corrected chi connectivity index (χ1v) is 8.13. The monoisotopic (exact) mass is 317 g/mol. The first kappa shape index (κ1) is 15.3. The Morgan fingerprint density at radius 3 is 2.65 bits per heavy atom. The van der Waals surface area contributed by atoms with Crippen LogP contribution in [0.2, 0.25) is 5.02 Å². The van der Waals surface area contributed by atoms with Gasteiger partial charge < -0.3 is 9.64 Å². The van der Waals surface area contributed by atoms with Gasteiger partial charge in [-0.25, -0.2) is 8.42 Å². The second-order valence-electron chi connectivity index (χ2n) is 4.68. The lowest BCUT2D eigenvalue weighted by atomic mass is 10.4. The molecular weight excluding hydrogens is 302 g/mol. The van der Waals surface area contributed by atoms with Gasteiger partial charge in [0.15, 0.2) is 9.84 Å². The largest absolute Gasteiger partial charge is 0.375 e. The zero-order chi connectivity index (χ0) is 14.8. The van der Waals surface area contributed by atoms with Gasteiger partial charge in [0.05, 0.1) is 10.1 Å². The van der Waals surface area contributed by atoms with Gasteiger partial charge in [-0.15, -0.1) is 0 Å². The Hall–Kier alpha value is -1.11. The second kappa shape index (κ2) is 6.11. The van der Waals surface area contributed by atoms with Gasteiger partial charge in [-0.05, 0) is 30.7 Å². The fraction of sp³-hybridized carbons (Fsp3) is 0.462. The minimum Gasteiger partial charge on any atom is -0.375 e. The number of halogens is 1. The highest BCUT2D eigenvalue weighted by atomic mass is 35.5. The predicted molar refractivity (Wildman–Crippen MR) is 75.5 cm³/mol. The molecule has 1 atom stereocenters. The standard InChI is InChI=1S/C13H16ClNO4S/c1-19-9-13(16)15-7-6-12(8-15)20(17,18)11-4-2-10(14)3-5-11/h2-5,12H,6-9H2,1H3. The number of benzene rings is 1. The number of rotatable bonds is 4. The van der Waals surface area contributed by atoms with Crippen LogP contribution < -0.4 is 0 Å². The molecule has 0 radical (unpaired) electrons. The van der Waals surface area contributed by atoms with Gasteiger partial charge in [-0.2, -0.15) is 0 Å². The van der Waals surface area contributed by atoms with Crippen LogP contribution in [0.3, 0.4) is 0 Å². The maximum Gasteiger partial charge on any atom is 0.248 e. The van der Waals surface area contributed by atoms with Crippen LogP contribution in [0, 0.1) is 0 Å². The minimum absolute atomic E-state index is 0.0201. The Balaban J connectivity index is 2.12. The lowest BCUT2D eigenvalue weighted by molar-refractivity contribution is -0.133. The molecule has 0 saturated carbocycles. The molecule has 1 aromatic rings. The average molecular weight is 318 g/mol. The molecule has 0 spiro atoms. The Labute approximate surface area is 123 Å². The van der Waals surface area contributed by atoms with E-state index < -0.39 is 15.1 Å². The topological polar surface area (TPSA) is 63.7 Å². The molecule has 1 fully saturated rings. The fourth-order valence-corrected chi connectivity index (χ4v) is 4.06. The molecule has 1 saturated heterocycles. The van der Waals surface area contributed by atoms with Crippen molar-refractivity contribution in [3.05, 3.63) is 29.3 Å². The van der Waals surface area contributed by atoms with Crippen molar-refractivity contribution < 1.29 is 17.9 Å². The normalized spacial score (nSPS) is 19.3. The molecule has 5 nitrogen and oxygen atoms in total. The van der Waals surface area contributed by atoms with Gasteiger partial charge in [0, 0.05) is 25.2 Å². The van der Waals surface area contributed by atoms with E-state index in [1.807, 2.05) is 0 Å². The summed E-state index contributed by atoms with van der Waals surface area (Å²) in [6, 6.07) is 6.10. The van der Waals surface area contributed by atoms with Crippen LogP contribution in [0.15, 0.2) is 29.2 Å². The highest BCUT2D eigenvalue weighted by Gasteiger charge is 2.35. The number of carbonyl (C=O) groups is 1. The van der Waals surface area contributed by atoms with E-state index in [1.54, 1.807) is 12.1 Å². The number of amides is 1. The number of hydrogen-bond acceptors (Lipinski definition) is 4. The summed E-state index contributed by atoms with van der Waals surface area (Å²) < 4.78 is 29.7. The van der Waals surface area contributed by atoms with E-state index in [-0.39, 0.29) is 24.0 Å². The van der Waals surface area contributed by atoms with Crippen LogP contribution in [0.1, 0.15) is 6.42 Å². The van der Waals surface area contributed by atoms with Crippen LogP contribution in [0.5, 0.6) is 0 Å². The maximum absolute atomic E-state index is 12.5. The summed E-state index contributed by atoms with van der Waals surface area (Å²) in [6.07, 6.45) is 0.445. The fourth-order valence-electron chi connectivity index (χ4n) is 2.24. The maximum atomic E-state index is 12.5. The molecule has 0 aliphatic carbocycles. The lowest BCUT2D eigenvalue weighted by Crippen LogP contribution is -2.34. The third-order valence-electron chi connectivity index (χ3n) is 3.35. The molecule has 0 aromatic heterocycles. The van der Waals surface area contributed by atoms with E-state index in [2.05, 4.69) is 0 Å². The summed E-state index contributed by atoms with van der Waals surface area (Å²) in [7, 11) is -1.99. The van der Waals surface area contributed by atoms with Crippen LogP contribution >= 0.6 is 11.6 Å². The molecule has 1 aliphatic rings. The SMILES string of the molecule is COCC(=O)N1CCC(S(=O)(=O)c2ccc(Cl)cc2)C1. The quantitative estimate of drug-likeness (QED) is 0.841. The van der Waals surface area contributed by atoms with Crippen molar-refractivity contribution in [3.63, 3.8) is 0 Å². The number of methoxy groups -OCH3 is 1. The highest BCUT2D eigenvalue weighted by Crippen LogP contribution is 2.25. The van der Waals surface area contributed by atoms with E-state index in [1.165, 1.54) is 24.1 Å². The average Bonchev–Trinajstić information content (AvgIpc) is 2.90. The van der Waals surface area contributed by atoms with E-state index in [0.717, 1.165) is 0 Å². The van der Waals surface area contributed by atoms with Crippen molar-refractivity contribution in [1.82, 2.24) is 4.90 Å².